The maximum atomic E-state index is 13.3. The highest BCUT2D eigenvalue weighted by Gasteiger charge is 2.50. The average Bonchev–Trinajstić information content (AvgIpc) is 3.44. The number of hydrogen-bond acceptors (Lipinski definition) is 8. The number of nitrogens with one attached hydrogen (secondary N) is 3. The molecule has 3 N–H and O–H groups in total. The topological polar surface area (TPSA) is 157 Å². The van der Waals surface area contributed by atoms with Crippen molar-refractivity contribution in [1.82, 2.24) is 30.2 Å². The lowest BCUT2D eigenvalue weighted by molar-refractivity contribution is -0.135. The van der Waals surface area contributed by atoms with E-state index in [0.717, 1.165) is 44.1 Å². The molecule has 2 aromatic heterocycles. The summed E-state index contributed by atoms with van der Waals surface area (Å²) in [5.74, 6) is -0.0971. The minimum absolute atomic E-state index is 0.0149. The van der Waals surface area contributed by atoms with Gasteiger partial charge in [0.05, 0.1) is 5.69 Å². The quantitative estimate of drug-likeness (QED) is 0.409. The van der Waals surface area contributed by atoms with Crippen LogP contribution in [0, 0.1) is 10.8 Å². The van der Waals surface area contributed by atoms with Crippen molar-refractivity contribution in [3.05, 3.63) is 47.5 Å². The Bertz CT molecular complexity index is 1520. The van der Waals surface area contributed by atoms with E-state index >= 15 is 0 Å². The zero-order valence-electron chi connectivity index (χ0n) is 22.5. The van der Waals surface area contributed by atoms with Crippen LogP contribution in [0.25, 0.3) is 5.78 Å². The van der Waals surface area contributed by atoms with E-state index in [4.69, 9.17) is 4.74 Å². The van der Waals surface area contributed by atoms with Gasteiger partial charge < -0.3 is 20.7 Å². The predicted octanol–water partition coefficient (Wildman–Crippen LogP) is 2.43. The molecular weight excluding hydrogens is 514 g/mol. The molecule has 0 spiro atoms. The monoisotopic (exact) mass is 545 g/mol. The summed E-state index contributed by atoms with van der Waals surface area (Å²) in [6.07, 6.45) is 6.05. The number of nitrogens with zero attached hydrogens (tertiary/aromatic N) is 4. The summed E-state index contributed by atoms with van der Waals surface area (Å²) in [5.41, 5.74) is 1.30. The maximum Gasteiger partial charge on any atom is 0.270 e. The lowest BCUT2D eigenvalue weighted by Crippen LogP contribution is -2.49. The van der Waals surface area contributed by atoms with Gasteiger partial charge in [-0.05, 0) is 75.5 Å². The van der Waals surface area contributed by atoms with Crippen LogP contribution in [-0.2, 0) is 16.1 Å². The van der Waals surface area contributed by atoms with Gasteiger partial charge in [0, 0.05) is 24.6 Å². The summed E-state index contributed by atoms with van der Waals surface area (Å²) < 4.78 is 6.89. The van der Waals surface area contributed by atoms with Crippen LogP contribution in [0.15, 0.2) is 30.6 Å². The SMILES string of the molecule is CC(=O)C12CCC(CNC(=O)c3cc(C(=O)NCc4ccc5c(c4)NC(=O)C(C)O5)nc4ncnn34)(CC1)CC2. The number of rotatable bonds is 7. The molecule has 1 atom stereocenters. The minimum atomic E-state index is -0.571. The molecule has 3 fully saturated rings. The minimum Gasteiger partial charge on any atom is -0.479 e. The molecule has 2 bridgehead atoms. The van der Waals surface area contributed by atoms with Crippen LogP contribution in [-0.4, -0.2) is 55.7 Å². The van der Waals surface area contributed by atoms with Gasteiger partial charge in [0.1, 0.15) is 29.2 Å². The van der Waals surface area contributed by atoms with Crippen molar-refractivity contribution >= 4 is 35.0 Å². The normalized spacial score (nSPS) is 25.1. The summed E-state index contributed by atoms with van der Waals surface area (Å²) in [6, 6.07) is 6.69. The Morgan fingerprint density at radius 1 is 1.07 bits per heavy atom. The molecule has 4 aliphatic rings. The number of anilines is 1. The number of ketones is 1. The fourth-order valence-electron chi connectivity index (χ4n) is 6.14. The Morgan fingerprint density at radius 2 is 1.82 bits per heavy atom. The molecular formula is C28H31N7O5. The molecule has 12 nitrogen and oxygen atoms in total. The van der Waals surface area contributed by atoms with E-state index < -0.39 is 12.0 Å². The van der Waals surface area contributed by atoms with Crippen molar-refractivity contribution in [1.29, 1.82) is 0 Å². The lowest BCUT2D eigenvalue weighted by Gasteiger charge is -2.52. The Labute approximate surface area is 230 Å². The standard InChI is InChI=1S/C28H31N7O5/c1-16-23(37)33-19-11-18(3-4-22(19)40-16)13-29-24(38)20-12-21(35-26(34-20)31-15-32-35)25(39)30-14-27-5-8-28(9-6-27,10-7-27)17(2)36/h3-4,11-12,15-16H,5-10,13-14H2,1-2H3,(H,29,38)(H,30,39)(H,33,37). The summed E-state index contributed by atoms with van der Waals surface area (Å²) in [4.78, 5) is 58.8. The Kier molecular flexibility index (Phi) is 6.27. The van der Waals surface area contributed by atoms with Crippen LogP contribution >= 0.6 is 0 Å². The molecule has 40 heavy (non-hydrogen) atoms. The molecule has 3 saturated carbocycles. The third-order valence-corrected chi connectivity index (χ3v) is 8.92. The number of aromatic nitrogens is 4. The fraction of sp³-hybridized carbons (Fsp3) is 0.464. The molecule has 0 radical (unpaired) electrons. The first-order valence-corrected chi connectivity index (χ1v) is 13.6. The van der Waals surface area contributed by atoms with Gasteiger partial charge in [0.25, 0.3) is 23.5 Å². The number of carbonyl (C=O) groups excluding carboxylic acids is 4. The van der Waals surface area contributed by atoms with E-state index in [1.807, 2.05) is 0 Å². The first-order chi connectivity index (χ1) is 19.2. The second kappa shape index (κ2) is 9.68. The van der Waals surface area contributed by atoms with Gasteiger partial charge in [0.2, 0.25) is 0 Å². The van der Waals surface area contributed by atoms with Gasteiger partial charge in [0.15, 0.2) is 6.10 Å². The van der Waals surface area contributed by atoms with E-state index in [0.29, 0.717) is 18.0 Å². The number of carbonyl (C=O) groups is 4. The van der Waals surface area contributed by atoms with E-state index in [1.165, 1.54) is 16.9 Å². The number of Topliss-reactive ketones (excluding diaryl/α,β-unsaturated/α-hetero) is 1. The van der Waals surface area contributed by atoms with Crippen LogP contribution in [0.4, 0.5) is 5.69 Å². The molecule has 3 aliphatic carbocycles. The van der Waals surface area contributed by atoms with Gasteiger partial charge in [-0.25, -0.2) is 4.98 Å². The summed E-state index contributed by atoms with van der Waals surface area (Å²) >= 11 is 0. The van der Waals surface area contributed by atoms with Gasteiger partial charge in [-0.1, -0.05) is 6.07 Å². The Morgan fingerprint density at radius 3 is 2.55 bits per heavy atom. The Balaban J connectivity index is 1.14. The highest BCUT2D eigenvalue weighted by Crippen LogP contribution is 2.56. The van der Waals surface area contributed by atoms with Crippen molar-refractivity contribution in [2.75, 3.05) is 11.9 Å². The van der Waals surface area contributed by atoms with Crippen molar-refractivity contribution < 1.29 is 23.9 Å². The van der Waals surface area contributed by atoms with E-state index in [9.17, 15) is 19.2 Å². The Hall–Kier alpha value is -4.35. The molecule has 1 unspecified atom stereocenters. The van der Waals surface area contributed by atoms with Gasteiger partial charge in [-0.2, -0.15) is 14.6 Å². The highest BCUT2D eigenvalue weighted by atomic mass is 16.5. The number of amides is 3. The largest absolute Gasteiger partial charge is 0.479 e. The van der Waals surface area contributed by atoms with Crippen LogP contribution < -0.4 is 20.7 Å². The van der Waals surface area contributed by atoms with Crippen LogP contribution in [0.2, 0.25) is 0 Å². The zero-order chi connectivity index (χ0) is 28.1. The smallest absolute Gasteiger partial charge is 0.270 e. The predicted molar refractivity (Wildman–Crippen MR) is 143 cm³/mol. The number of hydrogen-bond donors (Lipinski definition) is 3. The van der Waals surface area contributed by atoms with Gasteiger partial charge >= 0.3 is 0 Å². The summed E-state index contributed by atoms with van der Waals surface area (Å²) in [7, 11) is 0. The van der Waals surface area contributed by atoms with Crippen LogP contribution in [0.3, 0.4) is 0 Å². The molecule has 208 valence electrons. The van der Waals surface area contributed by atoms with Crippen LogP contribution in [0.5, 0.6) is 5.75 Å². The molecule has 3 heterocycles. The zero-order valence-corrected chi connectivity index (χ0v) is 22.5. The number of benzene rings is 1. The first-order valence-electron chi connectivity index (χ1n) is 13.6. The molecule has 1 aromatic carbocycles. The third-order valence-electron chi connectivity index (χ3n) is 8.92. The molecule has 7 rings (SSSR count). The number of ether oxygens (including phenoxy) is 1. The van der Waals surface area contributed by atoms with Crippen molar-refractivity contribution in [3.8, 4) is 5.75 Å². The molecule has 3 amide bonds. The molecule has 0 saturated heterocycles. The van der Waals surface area contributed by atoms with Crippen molar-refractivity contribution in [3.63, 3.8) is 0 Å². The molecule has 1 aliphatic heterocycles. The van der Waals surface area contributed by atoms with Crippen molar-refractivity contribution in [2.45, 2.75) is 65.0 Å². The average molecular weight is 546 g/mol. The fourth-order valence-corrected chi connectivity index (χ4v) is 6.14. The van der Waals surface area contributed by atoms with E-state index in [1.54, 1.807) is 32.0 Å². The van der Waals surface area contributed by atoms with Crippen LogP contribution in [0.1, 0.15) is 78.9 Å². The van der Waals surface area contributed by atoms with Gasteiger partial charge in [-0.3, -0.25) is 19.2 Å². The second-order valence-corrected chi connectivity index (χ2v) is 11.3. The van der Waals surface area contributed by atoms with Crippen molar-refractivity contribution in [2.24, 2.45) is 10.8 Å². The highest BCUT2D eigenvalue weighted by molar-refractivity contribution is 5.99. The lowest BCUT2D eigenvalue weighted by atomic mass is 9.52. The second-order valence-electron chi connectivity index (χ2n) is 11.3. The van der Waals surface area contributed by atoms with Gasteiger partial charge in [-0.15, -0.1) is 0 Å². The summed E-state index contributed by atoms with van der Waals surface area (Å²) in [5, 5.41) is 12.8. The number of fused-ring (bicyclic) bond motifs is 5. The molecule has 3 aromatic rings. The third kappa shape index (κ3) is 4.56. The first kappa shape index (κ1) is 25.9. The summed E-state index contributed by atoms with van der Waals surface area (Å²) in [6.45, 7) is 4.03. The maximum absolute atomic E-state index is 13.3. The van der Waals surface area contributed by atoms with E-state index in [-0.39, 0.29) is 52.1 Å². The van der Waals surface area contributed by atoms with E-state index in [2.05, 4.69) is 31.0 Å². The molecule has 12 heteroatoms.